The molecule has 0 fully saturated rings. The van der Waals surface area contributed by atoms with Crippen molar-refractivity contribution >= 4 is 5.97 Å². The van der Waals surface area contributed by atoms with Crippen LogP contribution in [0.3, 0.4) is 0 Å². The molecule has 0 radical (unpaired) electrons. The molecular formula is C12H24O2. The van der Waals surface area contributed by atoms with Gasteiger partial charge in [-0.05, 0) is 25.2 Å². The van der Waals surface area contributed by atoms with Crippen LogP contribution in [-0.2, 0) is 9.53 Å². The summed E-state index contributed by atoms with van der Waals surface area (Å²) in [6.07, 6.45) is 5.76. The predicted molar refractivity (Wildman–Crippen MR) is 59.2 cm³/mol. The second kappa shape index (κ2) is 7.84. The highest BCUT2D eigenvalue weighted by Gasteiger charge is 2.13. The molecule has 14 heavy (non-hydrogen) atoms. The largest absolute Gasteiger partial charge is 0.463 e. The number of carbonyl (C=O) groups is 1. The number of hydrogen-bond donors (Lipinski definition) is 0. The molecule has 1 atom stereocenters. The van der Waals surface area contributed by atoms with Crippen molar-refractivity contribution in [3.63, 3.8) is 0 Å². The molecule has 0 aromatic rings. The minimum atomic E-state index is -0.146. The number of esters is 1. The number of unbranched alkanes of at least 4 members (excludes halogenated alkanes) is 2. The quantitative estimate of drug-likeness (QED) is 0.464. The average molecular weight is 200 g/mol. The Bertz CT molecular complexity index is 152. The summed E-state index contributed by atoms with van der Waals surface area (Å²) < 4.78 is 5.27. The molecule has 0 saturated heterocycles. The van der Waals surface area contributed by atoms with Crippen LogP contribution >= 0.6 is 0 Å². The highest BCUT2D eigenvalue weighted by Crippen LogP contribution is 2.15. The van der Waals surface area contributed by atoms with Gasteiger partial charge in [-0.3, -0.25) is 4.79 Å². The first kappa shape index (κ1) is 13.5. The molecule has 0 N–H and O–H groups in total. The van der Waals surface area contributed by atoms with Gasteiger partial charge in [0.2, 0.25) is 0 Å². The first-order valence-electron chi connectivity index (χ1n) is 5.73. The molecule has 0 saturated carbocycles. The summed E-state index contributed by atoms with van der Waals surface area (Å²) >= 11 is 0. The van der Waals surface area contributed by atoms with E-state index in [0.29, 0.717) is 5.92 Å². The van der Waals surface area contributed by atoms with E-state index in [2.05, 4.69) is 20.8 Å². The first-order valence-corrected chi connectivity index (χ1v) is 5.73. The van der Waals surface area contributed by atoms with E-state index in [4.69, 9.17) is 4.74 Å². The summed E-state index contributed by atoms with van der Waals surface area (Å²) in [6, 6.07) is 0. The van der Waals surface area contributed by atoms with Crippen LogP contribution in [0.25, 0.3) is 0 Å². The minimum Gasteiger partial charge on any atom is -0.463 e. The second-order valence-corrected chi connectivity index (χ2v) is 4.36. The van der Waals surface area contributed by atoms with Crippen molar-refractivity contribution in [1.82, 2.24) is 0 Å². The molecule has 0 amide bonds. The Morgan fingerprint density at radius 3 is 2.36 bits per heavy atom. The van der Waals surface area contributed by atoms with Gasteiger partial charge in [0.15, 0.2) is 0 Å². The molecule has 1 unspecified atom stereocenters. The zero-order chi connectivity index (χ0) is 11.0. The summed E-state index contributed by atoms with van der Waals surface area (Å²) in [4.78, 5) is 10.8. The molecule has 0 rings (SSSR count). The third-order valence-corrected chi connectivity index (χ3v) is 2.20. The number of rotatable bonds is 7. The third-order valence-electron chi connectivity index (χ3n) is 2.20. The highest BCUT2D eigenvalue weighted by atomic mass is 16.5. The Hall–Kier alpha value is -0.530. The van der Waals surface area contributed by atoms with Gasteiger partial charge in [-0.2, -0.15) is 0 Å². The molecule has 0 heterocycles. The van der Waals surface area contributed by atoms with Crippen LogP contribution in [0, 0.1) is 5.92 Å². The normalized spacial score (nSPS) is 12.9. The van der Waals surface area contributed by atoms with Crippen LogP contribution in [0.1, 0.15) is 59.8 Å². The van der Waals surface area contributed by atoms with E-state index in [-0.39, 0.29) is 12.1 Å². The van der Waals surface area contributed by atoms with Gasteiger partial charge in [0.05, 0.1) is 0 Å². The molecule has 2 nitrogen and oxygen atoms in total. The number of ether oxygens (including phenoxy) is 1. The van der Waals surface area contributed by atoms with Gasteiger partial charge in [0, 0.05) is 6.92 Å². The summed E-state index contributed by atoms with van der Waals surface area (Å²) in [5.41, 5.74) is 0. The Morgan fingerprint density at radius 2 is 1.93 bits per heavy atom. The third kappa shape index (κ3) is 8.09. The van der Waals surface area contributed by atoms with Gasteiger partial charge in [-0.1, -0.05) is 33.6 Å². The van der Waals surface area contributed by atoms with Gasteiger partial charge in [-0.25, -0.2) is 0 Å². The van der Waals surface area contributed by atoms with Crippen molar-refractivity contribution in [3.8, 4) is 0 Å². The van der Waals surface area contributed by atoms with Crippen LogP contribution in [0.4, 0.5) is 0 Å². The molecular weight excluding hydrogens is 176 g/mol. The standard InChI is InChI=1S/C12H24O2/c1-5-6-7-8-12(9-10(2)3)14-11(4)13/h10,12H,5-9H2,1-4H3. The molecule has 0 aliphatic heterocycles. The van der Waals surface area contributed by atoms with E-state index in [9.17, 15) is 4.79 Å². The number of carbonyl (C=O) groups excluding carboxylic acids is 1. The number of hydrogen-bond acceptors (Lipinski definition) is 2. The van der Waals surface area contributed by atoms with Crippen LogP contribution in [0.2, 0.25) is 0 Å². The van der Waals surface area contributed by atoms with Gasteiger partial charge in [0.25, 0.3) is 0 Å². The lowest BCUT2D eigenvalue weighted by Gasteiger charge is -2.18. The van der Waals surface area contributed by atoms with E-state index in [0.717, 1.165) is 12.8 Å². The fourth-order valence-corrected chi connectivity index (χ4v) is 1.61. The van der Waals surface area contributed by atoms with E-state index in [1.165, 1.54) is 26.2 Å². The van der Waals surface area contributed by atoms with Gasteiger partial charge < -0.3 is 4.74 Å². The van der Waals surface area contributed by atoms with E-state index in [1.54, 1.807) is 0 Å². The Kier molecular flexibility index (Phi) is 7.54. The lowest BCUT2D eigenvalue weighted by molar-refractivity contribution is -0.147. The van der Waals surface area contributed by atoms with Crippen LogP contribution in [0.15, 0.2) is 0 Å². The summed E-state index contributed by atoms with van der Waals surface area (Å²) in [5, 5.41) is 0. The van der Waals surface area contributed by atoms with E-state index in [1.807, 2.05) is 0 Å². The maximum absolute atomic E-state index is 10.8. The predicted octanol–water partition coefficient (Wildman–Crippen LogP) is 3.54. The molecule has 84 valence electrons. The maximum atomic E-state index is 10.8. The van der Waals surface area contributed by atoms with Crippen molar-refractivity contribution in [1.29, 1.82) is 0 Å². The van der Waals surface area contributed by atoms with Gasteiger partial charge >= 0.3 is 5.97 Å². The van der Waals surface area contributed by atoms with Crippen molar-refractivity contribution in [2.45, 2.75) is 65.9 Å². The monoisotopic (exact) mass is 200 g/mol. The molecule has 0 spiro atoms. The van der Waals surface area contributed by atoms with Crippen LogP contribution < -0.4 is 0 Å². The summed E-state index contributed by atoms with van der Waals surface area (Å²) in [7, 11) is 0. The van der Waals surface area contributed by atoms with E-state index >= 15 is 0 Å². The van der Waals surface area contributed by atoms with Crippen LogP contribution in [0.5, 0.6) is 0 Å². The molecule has 0 aliphatic carbocycles. The molecule has 2 heteroatoms. The summed E-state index contributed by atoms with van der Waals surface area (Å²) in [6.45, 7) is 8.00. The fourth-order valence-electron chi connectivity index (χ4n) is 1.61. The second-order valence-electron chi connectivity index (χ2n) is 4.36. The Morgan fingerprint density at radius 1 is 1.29 bits per heavy atom. The van der Waals surface area contributed by atoms with Gasteiger partial charge in [-0.15, -0.1) is 0 Å². The van der Waals surface area contributed by atoms with Crippen molar-refractivity contribution < 1.29 is 9.53 Å². The van der Waals surface area contributed by atoms with Gasteiger partial charge in [0.1, 0.15) is 6.10 Å². The smallest absolute Gasteiger partial charge is 0.302 e. The average Bonchev–Trinajstić information content (AvgIpc) is 2.02. The molecule has 0 aromatic heterocycles. The van der Waals surface area contributed by atoms with Crippen LogP contribution in [-0.4, -0.2) is 12.1 Å². The fraction of sp³-hybridized carbons (Fsp3) is 0.917. The van der Waals surface area contributed by atoms with Crippen molar-refractivity contribution in [2.75, 3.05) is 0 Å². The topological polar surface area (TPSA) is 26.3 Å². The van der Waals surface area contributed by atoms with E-state index < -0.39 is 0 Å². The molecule has 0 aromatic carbocycles. The first-order chi connectivity index (χ1) is 6.56. The Balaban J connectivity index is 3.78. The highest BCUT2D eigenvalue weighted by molar-refractivity contribution is 5.66. The SMILES string of the molecule is CCCCCC(CC(C)C)OC(C)=O. The Labute approximate surface area is 88.0 Å². The summed E-state index contributed by atoms with van der Waals surface area (Å²) in [5.74, 6) is 0.452. The van der Waals surface area contributed by atoms with Crippen molar-refractivity contribution in [3.05, 3.63) is 0 Å². The lowest BCUT2D eigenvalue weighted by atomic mass is 10.0. The minimum absolute atomic E-state index is 0.138. The van der Waals surface area contributed by atoms with Crippen molar-refractivity contribution in [2.24, 2.45) is 5.92 Å². The lowest BCUT2D eigenvalue weighted by Crippen LogP contribution is -2.18. The molecule has 0 aliphatic rings. The maximum Gasteiger partial charge on any atom is 0.302 e. The zero-order valence-corrected chi connectivity index (χ0v) is 10.0. The molecule has 0 bridgehead atoms. The zero-order valence-electron chi connectivity index (χ0n) is 10.0.